The highest BCUT2D eigenvalue weighted by Gasteiger charge is 2.34. The highest BCUT2D eigenvalue weighted by Crippen LogP contribution is 2.44. The first kappa shape index (κ1) is 17.6. The molecule has 4 rings (SSSR count). The maximum absolute atomic E-state index is 12.9. The van der Waals surface area contributed by atoms with Crippen LogP contribution in [0.3, 0.4) is 0 Å². The van der Waals surface area contributed by atoms with Crippen LogP contribution in [0.5, 0.6) is 11.5 Å². The molecule has 5 nitrogen and oxygen atoms in total. The first-order valence-corrected chi connectivity index (χ1v) is 9.47. The molecule has 27 heavy (non-hydrogen) atoms. The van der Waals surface area contributed by atoms with E-state index in [9.17, 15) is 9.59 Å². The fourth-order valence-corrected chi connectivity index (χ4v) is 3.93. The normalized spacial score (nSPS) is 18.9. The number of para-hydroxylation sites is 2. The molecule has 140 valence electrons. The molecule has 0 radical (unpaired) electrons. The van der Waals surface area contributed by atoms with Crippen LogP contribution in [0, 0.1) is 0 Å². The van der Waals surface area contributed by atoms with Gasteiger partial charge in [0, 0.05) is 23.7 Å². The third-order valence-electron chi connectivity index (χ3n) is 5.38. The zero-order valence-corrected chi connectivity index (χ0v) is 15.4. The van der Waals surface area contributed by atoms with Crippen LogP contribution >= 0.6 is 0 Å². The fraction of sp³-hybridized carbons (Fsp3) is 0.364. The van der Waals surface area contributed by atoms with Gasteiger partial charge in [0.25, 0.3) is 5.91 Å². The molecule has 2 aliphatic heterocycles. The Morgan fingerprint density at radius 3 is 2.30 bits per heavy atom. The molecule has 0 saturated carbocycles. The average molecular weight is 365 g/mol. The van der Waals surface area contributed by atoms with Gasteiger partial charge in [-0.3, -0.25) is 9.59 Å². The van der Waals surface area contributed by atoms with Crippen molar-refractivity contribution in [2.24, 2.45) is 0 Å². The number of benzene rings is 2. The second-order valence-electron chi connectivity index (χ2n) is 7.15. The van der Waals surface area contributed by atoms with Crippen molar-refractivity contribution in [1.82, 2.24) is 4.90 Å². The number of nitrogens with zero attached hydrogens (tertiary/aromatic N) is 1. The maximum atomic E-state index is 12.9. The summed E-state index contributed by atoms with van der Waals surface area (Å²) in [5, 5.41) is 0. The van der Waals surface area contributed by atoms with Crippen LogP contribution in [-0.2, 0) is 14.3 Å². The fourth-order valence-electron chi connectivity index (χ4n) is 3.93. The molecule has 1 fully saturated rings. The third-order valence-corrected chi connectivity index (χ3v) is 5.38. The van der Waals surface area contributed by atoms with Crippen LogP contribution in [0.15, 0.2) is 48.5 Å². The molecule has 2 aromatic carbocycles. The molecule has 0 spiro atoms. The van der Waals surface area contributed by atoms with Gasteiger partial charge in [-0.15, -0.1) is 0 Å². The largest absolute Gasteiger partial charge is 0.457 e. The van der Waals surface area contributed by atoms with Crippen molar-refractivity contribution in [2.45, 2.75) is 38.1 Å². The minimum atomic E-state index is -0.585. The van der Waals surface area contributed by atoms with Gasteiger partial charge in [0.05, 0.1) is 0 Å². The lowest BCUT2D eigenvalue weighted by Crippen LogP contribution is -2.44. The van der Waals surface area contributed by atoms with Gasteiger partial charge >= 0.3 is 5.97 Å². The standard InChI is InChI=1S/C22H23NO4/c1-15-8-6-7-13-23(15)20(24)14-26-22(25)21-16-9-2-4-11-18(16)27-19-12-5-3-10-17(19)21/h2-5,9-12,15,21H,6-8,13-14H2,1H3. The maximum Gasteiger partial charge on any atom is 0.318 e. The lowest BCUT2D eigenvalue weighted by atomic mass is 9.88. The molecule has 0 aromatic heterocycles. The van der Waals surface area contributed by atoms with Gasteiger partial charge in [0.1, 0.15) is 17.4 Å². The molecule has 0 aliphatic carbocycles. The van der Waals surface area contributed by atoms with Crippen molar-refractivity contribution < 1.29 is 19.1 Å². The molecule has 1 atom stereocenters. The van der Waals surface area contributed by atoms with E-state index in [-0.39, 0.29) is 18.6 Å². The molecule has 1 saturated heterocycles. The van der Waals surface area contributed by atoms with E-state index in [1.807, 2.05) is 60.4 Å². The van der Waals surface area contributed by atoms with Gasteiger partial charge in [-0.1, -0.05) is 36.4 Å². The first-order chi connectivity index (χ1) is 13.1. The smallest absolute Gasteiger partial charge is 0.318 e. The lowest BCUT2D eigenvalue weighted by Gasteiger charge is -2.33. The van der Waals surface area contributed by atoms with Gasteiger partial charge in [0.2, 0.25) is 0 Å². The van der Waals surface area contributed by atoms with Gasteiger partial charge in [0.15, 0.2) is 6.61 Å². The zero-order valence-electron chi connectivity index (χ0n) is 15.4. The topological polar surface area (TPSA) is 55.8 Å². The Morgan fingerprint density at radius 1 is 1.04 bits per heavy atom. The number of rotatable bonds is 3. The van der Waals surface area contributed by atoms with Gasteiger partial charge in [-0.2, -0.15) is 0 Å². The highest BCUT2D eigenvalue weighted by molar-refractivity contribution is 5.88. The summed E-state index contributed by atoms with van der Waals surface area (Å²) in [5.41, 5.74) is 1.53. The van der Waals surface area contributed by atoms with E-state index < -0.39 is 11.9 Å². The van der Waals surface area contributed by atoms with Crippen molar-refractivity contribution in [2.75, 3.05) is 13.2 Å². The molecular formula is C22H23NO4. The number of esters is 1. The first-order valence-electron chi connectivity index (χ1n) is 9.47. The summed E-state index contributed by atoms with van der Waals surface area (Å²) in [6.45, 7) is 2.56. The molecule has 1 unspecified atom stereocenters. The van der Waals surface area contributed by atoms with Crippen LogP contribution < -0.4 is 4.74 Å². The summed E-state index contributed by atoms with van der Waals surface area (Å²) in [5.74, 6) is 0.168. The number of hydrogen-bond donors (Lipinski definition) is 0. The van der Waals surface area contributed by atoms with E-state index in [1.165, 1.54) is 0 Å². The summed E-state index contributed by atoms with van der Waals surface area (Å²) < 4.78 is 11.4. The Balaban J connectivity index is 1.53. The Morgan fingerprint density at radius 2 is 1.67 bits per heavy atom. The Kier molecular flexibility index (Phi) is 4.84. The van der Waals surface area contributed by atoms with E-state index in [4.69, 9.17) is 9.47 Å². The molecule has 2 aromatic rings. The van der Waals surface area contributed by atoms with E-state index >= 15 is 0 Å². The number of carbonyl (C=O) groups is 2. The van der Waals surface area contributed by atoms with Crippen molar-refractivity contribution >= 4 is 11.9 Å². The summed E-state index contributed by atoms with van der Waals surface area (Å²) in [4.78, 5) is 27.3. The molecule has 2 heterocycles. The molecule has 5 heteroatoms. The van der Waals surface area contributed by atoms with Crippen LogP contribution in [0.2, 0.25) is 0 Å². The number of carbonyl (C=O) groups excluding carboxylic acids is 2. The van der Waals surface area contributed by atoms with Crippen LogP contribution in [-0.4, -0.2) is 36.0 Å². The van der Waals surface area contributed by atoms with Crippen molar-refractivity contribution in [3.63, 3.8) is 0 Å². The lowest BCUT2D eigenvalue weighted by molar-refractivity contribution is -0.154. The highest BCUT2D eigenvalue weighted by atomic mass is 16.5. The Labute approximate surface area is 158 Å². The van der Waals surface area contributed by atoms with E-state index in [0.29, 0.717) is 11.5 Å². The monoisotopic (exact) mass is 365 g/mol. The number of likely N-dealkylation sites (tertiary alicyclic amines) is 1. The molecular weight excluding hydrogens is 342 g/mol. The number of ether oxygens (including phenoxy) is 2. The SMILES string of the molecule is CC1CCCCN1C(=O)COC(=O)C1c2ccccc2Oc2ccccc21. The summed E-state index contributed by atoms with van der Waals surface area (Å²) in [6.07, 6.45) is 3.14. The summed E-state index contributed by atoms with van der Waals surface area (Å²) in [7, 11) is 0. The molecule has 1 amide bonds. The van der Waals surface area contributed by atoms with E-state index in [2.05, 4.69) is 0 Å². The van der Waals surface area contributed by atoms with Gasteiger partial charge in [-0.05, 0) is 38.3 Å². The van der Waals surface area contributed by atoms with Crippen LogP contribution in [0.25, 0.3) is 0 Å². The summed E-state index contributed by atoms with van der Waals surface area (Å²) >= 11 is 0. The average Bonchev–Trinajstić information content (AvgIpc) is 2.70. The number of amides is 1. The van der Waals surface area contributed by atoms with Crippen LogP contribution in [0.4, 0.5) is 0 Å². The minimum Gasteiger partial charge on any atom is -0.457 e. The molecule has 0 N–H and O–H groups in total. The third kappa shape index (κ3) is 3.42. The van der Waals surface area contributed by atoms with Crippen molar-refractivity contribution in [3.8, 4) is 11.5 Å². The van der Waals surface area contributed by atoms with Crippen LogP contribution in [0.1, 0.15) is 43.2 Å². The van der Waals surface area contributed by atoms with Gasteiger partial charge < -0.3 is 14.4 Å². The Hall–Kier alpha value is -2.82. The quantitative estimate of drug-likeness (QED) is 0.775. The van der Waals surface area contributed by atoms with Crippen molar-refractivity contribution in [1.29, 1.82) is 0 Å². The second kappa shape index (κ2) is 7.43. The van der Waals surface area contributed by atoms with Gasteiger partial charge in [-0.25, -0.2) is 0 Å². The second-order valence-corrected chi connectivity index (χ2v) is 7.15. The predicted molar refractivity (Wildman–Crippen MR) is 101 cm³/mol. The van der Waals surface area contributed by atoms with Crippen molar-refractivity contribution in [3.05, 3.63) is 59.7 Å². The number of fused-ring (bicyclic) bond motifs is 2. The Bertz CT molecular complexity index is 817. The predicted octanol–water partition coefficient (Wildman–Crippen LogP) is 3.87. The van der Waals surface area contributed by atoms with E-state index in [1.54, 1.807) is 0 Å². The number of hydrogen-bond acceptors (Lipinski definition) is 4. The minimum absolute atomic E-state index is 0.121. The molecule has 0 bridgehead atoms. The zero-order chi connectivity index (χ0) is 18.8. The number of piperidine rings is 1. The van der Waals surface area contributed by atoms with E-state index in [0.717, 1.165) is 36.9 Å². The molecule has 2 aliphatic rings. The summed E-state index contributed by atoms with van der Waals surface area (Å²) in [6, 6.07) is 15.1.